The Balaban J connectivity index is 2.71. The van der Waals surface area contributed by atoms with Crippen molar-refractivity contribution in [1.29, 1.82) is 0 Å². The second-order valence-electron chi connectivity index (χ2n) is 4.69. The molecule has 2 unspecified atom stereocenters. The Morgan fingerprint density at radius 2 is 2.00 bits per heavy atom. The lowest BCUT2D eigenvalue weighted by Gasteiger charge is -2.28. The molecule has 1 aromatic carbocycles. The first-order valence-electron chi connectivity index (χ1n) is 6.00. The summed E-state index contributed by atoms with van der Waals surface area (Å²) in [6, 6.07) is 9.64. The Hall–Kier alpha value is -1.35. The Morgan fingerprint density at radius 3 is 2.47 bits per heavy atom. The third-order valence-corrected chi connectivity index (χ3v) is 3.25. The first-order chi connectivity index (χ1) is 8.02. The van der Waals surface area contributed by atoms with Crippen molar-refractivity contribution in [3.8, 4) is 0 Å². The number of amides is 1. The quantitative estimate of drug-likeness (QED) is 0.820. The molecule has 2 N–H and O–H groups in total. The minimum Gasteiger partial charge on any atom is -0.394 e. The van der Waals surface area contributed by atoms with Gasteiger partial charge in [0.15, 0.2) is 0 Å². The van der Waals surface area contributed by atoms with E-state index >= 15 is 0 Å². The van der Waals surface area contributed by atoms with Gasteiger partial charge in [-0.2, -0.15) is 0 Å². The lowest BCUT2D eigenvalue weighted by atomic mass is 9.96. The lowest BCUT2D eigenvalue weighted by molar-refractivity contribution is -0.124. The van der Waals surface area contributed by atoms with Crippen molar-refractivity contribution in [3.05, 3.63) is 35.9 Å². The minimum atomic E-state index is -0.528. The van der Waals surface area contributed by atoms with Gasteiger partial charge in [-0.15, -0.1) is 0 Å². The number of nitrogens with one attached hydrogen (secondary N) is 1. The maximum Gasteiger partial charge on any atom is 0.227 e. The predicted octanol–water partition coefficient (Wildman–Crippen LogP) is 2.07. The maximum atomic E-state index is 12.1. The van der Waals surface area contributed by atoms with Crippen LogP contribution in [0, 0.1) is 0 Å². The van der Waals surface area contributed by atoms with Gasteiger partial charge in [-0.05, 0) is 25.8 Å². The van der Waals surface area contributed by atoms with Crippen LogP contribution in [-0.2, 0) is 4.79 Å². The van der Waals surface area contributed by atoms with E-state index in [1.54, 1.807) is 0 Å². The van der Waals surface area contributed by atoms with Crippen LogP contribution >= 0.6 is 0 Å². The third-order valence-electron chi connectivity index (χ3n) is 3.25. The topological polar surface area (TPSA) is 49.3 Å². The standard InChI is InChI=1S/C14H21NO2/c1-4-14(3,10-16)15-13(17)11(2)12-8-6-5-7-9-12/h5-9,11,16H,4,10H2,1-3H3,(H,15,17). The van der Waals surface area contributed by atoms with Gasteiger partial charge in [0.1, 0.15) is 0 Å². The fraction of sp³-hybridized carbons (Fsp3) is 0.500. The van der Waals surface area contributed by atoms with Gasteiger partial charge in [0.05, 0.1) is 18.1 Å². The van der Waals surface area contributed by atoms with Crippen LogP contribution in [0.2, 0.25) is 0 Å². The summed E-state index contributed by atoms with van der Waals surface area (Å²) in [7, 11) is 0. The van der Waals surface area contributed by atoms with Crippen LogP contribution in [0.4, 0.5) is 0 Å². The summed E-state index contributed by atoms with van der Waals surface area (Å²) < 4.78 is 0. The molecule has 0 radical (unpaired) electrons. The molecule has 3 heteroatoms. The van der Waals surface area contributed by atoms with E-state index in [1.165, 1.54) is 0 Å². The molecule has 2 atom stereocenters. The molecule has 0 aliphatic rings. The molecule has 0 aliphatic carbocycles. The van der Waals surface area contributed by atoms with Crippen LogP contribution in [0.3, 0.4) is 0 Å². The van der Waals surface area contributed by atoms with Gasteiger partial charge in [0.2, 0.25) is 5.91 Å². The zero-order valence-corrected chi connectivity index (χ0v) is 10.7. The molecule has 0 saturated heterocycles. The molecule has 3 nitrogen and oxygen atoms in total. The SMILES string of the molecule is CCC(C)(CO)NC(=O)C(C)c1ccccc1. The highest BCUT2D eigenvalue weighted by Crippen LogP contribution is 2.17. The van der Waals surface area contributed by atoms with Crippen molar-refractivity contribution in [2.24, 2.45) is 0 Å². The highest BCUT2D eigenvalue weighted by atomic mass is 16.3. The second kappa shape index (κ2) is 5.82. The Labute approximate surface area is 103 Å². The van der Waals surface area contributed by atoms with Crippen LogP contribution in [0.15, 0.2) is 30.3 Å². The third kappa shape index (κ3) is 3.56. The summed E-state index contributed by atoms with van der Waals surface area (Å²) in [6.07, 6.45) is 0.705. The number of aliphatic hydroxyl groups is 1. The lowest BCUT2D eigenvalue weighted by Crippen LogP contribution is -2.49. The van der Waals surface area contributed by atoms with E-state index in [9.17, 15) is 9.90 Å². The van der Waals surface area contributed by atoms with E-state index in [0.29, 0.717) is 6.42 Å². The van der Waals surface area contributed by atoms with E-state index in [2.05, 4.69) is 5.32 Å². The van der Waals surface area contributed by atoms with Gasteiger partial charge in [-0.1, -0.05) is 37.3 Å². The Morgan fingerprint density at radius 1 is 1.41 bits per heavy atom. The summed E-state index contributed by atoms with van der Waals surface area (Å²) in [5, 5.41) is 12.2. The van der Waals surface area contributed by atoms with Crippen LogP contribution in [0.25, 0.3) is 0 Å². The molecule has 0 saturated carbocycles. The fourth-order valence-electron chi connectivity index (χ4n) is 1.54. The van der Waals surface area contributed by atoms with Crippen molar-refractivity contribution in [2.45, 2.75) is 38.6 Å². The number of aliphatic hydroxyl groups excluding tert-OH is 1. The van der Waals surface area contributed by atoms with Crippen molar-refractivity contribution in [3.63, 3.8) is 0 Å². The van der Waals surface area contributed by atoms with Crippen LogP contribution in [0.1, 0.15) is 38.7 Å². The zero-order valence-electron chi connectivity index (χ0n) is 10.7. The van der Waals surface area contributed by atoms with Gasteiger partial charge in [-0.25, -0.2) is 0 Å². The first-order valence-corrected chi connectivity index (χ1v) is 6.00. The van der Waals surface area contributed by atoms with Crippen molar-refractivity contribution in [2.75, 3.05) is 6.61 Å². The molecule has 17 heavy (non-hydrogen) atoms. The Kier molecular flexibility index (Phi) is 4.70. The summed E-state index contributed by atoms with van der Waals surface area (Å²) in [5.41, 5.74) is 0.460. The minimum absolute atomic E-state index is 0.0449. The smallest absolute Gasteiger partial charge is 0.227 e. The number of carbonyl (C=O) groups is 1. The number of rotatable bonds is 5. The molecule has 0 spiro atoms. The molecule has 0 aromatic heterocycles. The predicted molar refractivity (Wildman–Crippen MR) is 68.8 cm³/mol. The molecule has 0 heterocycles. The average Bonchev–Trinajstić information content (AvgIpc) is 2.38. The van der Waals surface area contributed by atoms with Crippen molar-refractivity contribution >= 4 is 5.91 Å². The normalized spacial score (nSPS) is 16.0. The van der Waals surface area contributed by atoms with Gasteiger partial charge in [0.25, 0.3) is 0 Å². The summed E-state index contributed by atoms with van der Waals surface area (Å²) >= 11 is 0. The number of hydrogen-bond acceptors (Lipinski definition) is 2. The molecule has 0 fully saturated rings. The number of hydrogen-bond donors (Lipinski definition) is 2. The van der Waals surface area contributed by atoms with E-state index in [4.69, 9.17) is 0 Å². The van der Waals surface area contributed by atoms with E-state index < -0.39 is 5.54 Å². The van der Waals surface area contributed by atoms with Gasteiger partial charge >= 0.3 is 0 Å². The fourth-order valence-corrected chi connectivity index (χ4v) is 1.54. The highest BCUT2D eigenvalue weighted by molar-refractivity contribution is 5.83. The average molecular weight is 235 g/mol. The summed E-state index contributed by atoms with van der Waals surface area (Å²) in [5.74, 6) is -0.247. The van der Waals surface area contributed by atoms with Crippen molar-refractivity contribution in [1.82, 2.24) is 5.32 Å². The molecule has 0 bridgehead atoms. The molecule has 1 aromatic rings. The van der Waals surface area contributed by atoms with E-state index in [-0.39, 0.29) is 18.4 Å². The van der Waals surface area contributed by atoms with E-state index in [1.807, 2.05) is 51.1 Å². The van der Waals surface area contributed by atoms with Crippen LogP contribution in [-0.4, -0.2) is 23.2 Å². The molecule has 0 aliphatic heterocycles. The zero-order chi connectivity index (χ0) is 12.9. The molecule has 1 amide bonds. The molecular weight excluding hydrogens is 214 g/mol. The molecule has 1 rings (SSSR count). The van der Waals surface area contributed by atoms with Crippen molar-refractivity contribution < 1.29 is 9.90 Å². The van der Waals surface area contributed by atoms with Crippen LogP contribution < -0.4 is 5.32 Å². The highest BCUT2D eigenvalue weighted by Gasteiger charge is 2.26. The summed E-state index contributed by atoms with van der Waals surface area (Å²) in [4.78, 5) is 12.1. The van der Waals surface area contributed by atoms with Gasteiger partial charge in [-0.3, -0.25) is 4.79 Å². The number of benzene rings is 1. The maximum absolute atomic E-state index is 12.1. The second-order valence-corrected chi connectivity index (χ2v) is 4.69. The largest absolute Gasteiger partial charge is 0.394 e. The number of carbonyl (C=O) groups excluding carboxylic acids is 1. The summed E-state index contributed by atoms with van der Waals surface area (Å²) in [6.45, 7) is 5.63. The van der Waals surface area contributed by atoms with Gasteiger partial charge < -0.3 is 10.4 Å². The monoisotopic (exact) mass is 235 g/mol. The molecular formula is C14H21NO2. The molecule has 94 valence electrons. The van der Waals surface area contributed by atoms with Crippen LogP contribution in [0.5, 0.6) is 0 Å². The first kappa shape index (κ1) is 13.7. The van der Waals surface area contributed by atoms with Gasteiger partial charge in [0, 0.05) is 0 Å². The Bertz CT molecular complexity index is 358. The van der Waals surface area contributed by atoms with E-state index in [0.717, 1.165) is 5.56 Å².